The van der Waals surface area contributed by atoms with Crippen molar-refractivity contribution in [2.24, 2.45) is 0 Å². The van der Waals surface area contributed by atoms with Crippen molar-refractivity contribution in [1.82, 2.24) is 14.8 Å². The van der Waals surface area contributed by atoms with E-state index in [1.54, 1.807) is 12.4 Å². The number of benzene rings is 1. The number of nitrogens with one attached hydrogen (secondary N) is 2. The van der Waals surface area contributed by atoms with E-state index in [0.29, 0.717) is 11.7 Å². The number of pyridine rings is 1. The highest BCUT2D eigenvalue weighted by atomic mass is 32.1. The lowest BCUT2D eigenvalue weighted by Gasteiger charge is -2.24. The fourth-order valence-corrected chi connectivity index (χ4v) is 3.67. The summed E-state index contributed by atoms with van der Waals surface area (Å²) in [6, 6.07) is 9.86. The molecule has 1 aliphatic heterocycles. The van der Waals surface area contributed by atoms with Crippen LogP contribution in [-0.4, -0.2) is 58.5 Å². The number of aryl methyl sites for hydroxylation is 2. The Kier molecular flexibility index (Phi) is 6.95. The number of aromatic nitrogens is 1. The number of hydrogen-bond acceptors (Lipinski definition) is 4. The Morgan fingerprint density at radius 2 is 1.86 bits per heavy atom. The molecule has 0 saturated carbocycles. The quantitative estimate of drug-likeness (QED) is 0.774. The van der Waals surface area contributed by atoms with Crippen LogP contribution < -0.4 is 10.6 Å². The van der Waals surface area contributed by atoms with Gasteiger partial charge in [0.2, 0.25) is 5.91 Å². The summed E-state index contributed by atoms with van der Waals surface area (Å²) in [6.07, 6.45) is 4.46. The first-order valence-corrected chi connectivity index (χ1v) is 9.98. The minimum atomic E-state index is 0.0295. The van der Waals surface area contributed by atoms with E-state index in [1.165, 1.54) is 0 Å². The Balaban J connectivity index is 1.51. The molecular weight excluding hydrogens is 370 g/mol. The molecule has 6 nitrogen and oxygen atoms in total. The summed E-state index contributed by atoms with van der Waals surface area (Å²) in [5.74, 6) is 0.0295. The van der Waals surface area contributed by atoms with E-state index >= 15 is 0 Å². The molecule has 1 aliphatic rings. The Morgan fingerprint density at radius 3 is 2.57 bits per heavy atom. The van der Waals surface area contributed by atoms with Crippen LogP contribution in [0.2, 0.25) is 0 Å². The molecule has 7 heteroatoms. The third-order valence-electron chi connectivity index (χ3n) is 4.90. The van der Waals surface area contributed by atoms with Crippen molar-refractivity contribution < 1.29 is 4.79 Å². The number of thiocarbonyl (C=S) groups is 1. The topological polar surface area (TPSA) is 60.5 Å². The van der Waals surface area contributed by atoms with Crippen molar-refractivity contribution in [2.45, 2.75) is 20.3 Å². The fraction of sp³-hybridized carbons (Fsp3) is 0.381. The number of hydrogen-bond donors (Lipinski definition) is 2. The van der Waals surface area contributed by atoms with Gasteiger partial charge in [0.15, 0.2) is 5.11 Å². The largest absolute Gasteiger partial charge is 0.348 e. The Morgan fingerprint density at radius 1 is 1.07 bits per heavy atom. The van der Waals surface area contributed by atoms with Crippen LogP contribution in [0.5, 0.6) is 0 Å². The maximum atomic E-state index is 12.5. The third kappa shape index (κ3) is 5.50. The molecule has 2 N–H and O–H groups in total. The van der Waals surface area contributed by atoms with Crippen LogP contribution in [0.15, 0.2) is 42.7 Å². The van der Waals surface area contributed by atoms with E-state index < -0.39 is 0 Å². The number of para-hydroxylation sites is 1. The van der Waals surface area contributed by atoms with Gasteiger partial charge in [0.1, 0.15) is 0 Å². The minimum absolute atomic E-state index is 0.0295. The van der Waals surface area contributed by atoms with Gasteiger partial charge in [-0.15, -0.1) is 0 Å². The predicted molar refractivity (Wildman–Crippen MR) is 118 cm³/mol. The van der Waals surface area contributed by atoms with E-state index in [-0.39, 0.29) is 5.91 Å². The highest BCUT2D eigenvalue weighted by Crippen LogP contribution is 2.19. The second-order valence-corrected chi connectivity index (χ2v) is 7.49. The maximum absolute atomic E-state index is 12.5. The molecule has 3 rings (SSSR count). The molecule has 2 heterocycles. The lowest BCUT2D eigenvalue weighted by molar-refractivity contribution is -0.117. The second-order valence-electron chi connectivity index (χ2n) is 7.10. The zero-order valence-electron chi connectivity index (χ0n) is 16.4. The van der Waals surface area contributed by atoms with Gasteiger partial charge in [0, 0.05) is 38.1 Å². The van der Waals surface area contributed by atoms with Crippen LogP contribution in [-0.2, 0) is 4.79 Å². The van der Waals surface area contributed by atoms with Crippen LogP contribution >= 0.6 is 12.2 Å². The van der Waals surface area contributed by atoms with Crippen LogP contribution in [0.3, 0.4) is 0 Å². The number of nitrogens with zero attached hydrogens (tertiary/aromatic N) is 3. The molecule has 0 aliphatic carbocycles. The number of carbonyl (C=O) groups is 1. The molecule has 1 aromatic heterocycles. The first-order valence-electron chi connectivity index (χ1n) is 9.57. The molecule has 1 aromatic carbocycles. The number of amides is 1. The molecule has 0 bridgehead atoms. The Labute approximate surface area is 171 Å². The standard InChI is InChI=1S/C21H27N5OS/c1-16-6-3-7-17(2)20(16)24-19(27)15-25-10-5-11-26(13-12-25)21(28)23-18-8-4-9-22-14-18/h3-4,6-9,14H,5,10-13,15H2,1-2H3,(H,23,28)(H,24,27). The van der Waals surface area contributed by atoms with Gasteiger partial charge in [-0.1, -0.05) is 18.2 Å². The summed E-state index contributed by atoms with van der Waals surface area (Å²) >= 11 is 5.55. The molecule has 1 amide bonds. The minimum Gasteiger partial charge on any atom is -0.348 e. The Hall–Kier alpha value is -2.51. The zero-order valence-corrected chi connectivity index (χ0v) is 17.3. The van der Waals surface area contributed by atoms with E-state index in [2.05, 4.69) is 25.4 Å². The van der Waals surface area contributed by atoms with E-state index in [4.69, 9.17) is 12.2 Å². The van der Waals surface area contributed by atoms with Gasteiger partial charge in [0.25, 0.3) is 0 Å². The van der Waals surface area contributed by atoms with Crippen molar-refractivity contribution in [2.75, 3.05) is 43.4 Å². The normalized spacial score (nSPS) is 15.0. The number of carbonyl (C=O) groups excluding carboxylic acids is 1. The highest BCUT2D eigenvalue weighted by molar-refractivity contribution is 7.80. The SMILES string of the molecule is Cc1cccc(C)c1NC(=O)CN1CCCN(C(=S)Nc2cccnc2)CC1. The fourth-order valence-electron chi connectivity index (χ4n) is 3.37. The van der Waals surface area contributed by atoms with Crippen molar-refractivity contribution in [3.05, 3.63) is 53.9 Å². The lowest BCUT2D eigenvalue weighted by atomic mass is 10.1. The van der Waals surface area contributed by atoms with Crippen molar-refractivity contribution in [3.8, 4) is 0 Å². The summed E-state index contributed by atoms with van der Waals surface area (Å²) in [6.45, 7) is 7.78. The average molecular weight is 398 g/mol. The van der Waals surface area contributed by atoms with Gasteiger partial charge in [-0.3, -0.25) is 14.7 Å². The van der Waals surface area contributed by atoms with Gasteiger partial charge in [0.05, 0.1) is 18.4 Å². The molecule has 148 valence electrons. The smallest absolute Gasteiger partial charge is 0.238 e. The third-order valence-corrected chi connectivity index (χ3v) is 5.26. The van der Waals surface area contributed by atoms with Crippen molar-refractivity contribution in [1.29, 1.82) is 0 Å². The molecule has 2 aromatic rings. The summed E-state index contributed by atoms with van der Waals surface area (Å²) in [7, 11) is 0. The molecule has 0 radical (unpaired) electrons. The second kappa shape index (κ2) is 9.61. The van der Waals surface area contributed by atoms with E-state index in [1.807, 2.05) is 44.2 Å². The van der Waals surface area contributed by atoms with Crippen molar-refractivity contribution >= 4 is 34.6 Å². The Bertz CT molecular complexity index is 807. The summed E-state index contributed by atoms with van der Waals surface area (Å²) < 4.78 is 0. The predicted octanol–water partition coefficient (Wildman–Crippen LogP) is 3.04. The van der Waals surface area contributed by atoms with Gasteiger partial charge in [-0.25, -0.2) is 0 Å². The van der Waals surface area contributed by atoms with Crippen LogP contribution in [0, 0.1) is 13.8 Å². The van der Waals surface area contributed by atoms with E-state index in [0.717, 1.165) is 55.1 Å². The van der Waals surface area contributed by atoms with E-state index in [9.17, 15) is 4.79 Å². The highest BCUT2D eigenvalue weighted by Gasteiger charge is 2.19. The van der Waals surface area contributed by atoms with Crippen molar-refractivity contribution in [3.63, 3.8) is 0 Å². The van der Waals surface area contributed by atoms with Gasteiger partial charge >= 0.3 is 0 Å². The summed E-state index contributed by atoms with van der Waals surface area (Å²) in [4.78, 5) is 21.0. The monoisotopic (exact) mass is 397 g/mol. The lowest BCUT2D eigenvalue weighted by Crippen LogP contribution is -2.39. The van der Waals surface area contributed by atoms with Gasteiger partial charge in [-0.2, -0.15) is 0 Å². The zero-order chi connectivity index (χ0) is 19.9. The molecule has 28 heavy (non-hydrogen) atoms. The van der Waals surface area contributed by atoms with Crippen LogP contribution in [0.4, 0.5) is 11.4 Å². The summed E-state index contributed by atoms with van der Waals surface area (Å²) in [5.41, 5.74) is 3.98. The maximum Gasteiger partial charge on any atom is 0.238 e. The molecule has 1 saturated heterocycles. The molecule has 1 fully saturated rings. The van der Waals surface area contributed by atoms with Gasteiger partial charge in [-0.05, 0) is 55.7 Å². The summed E-state index contributed by atoms with van der Waals surface area (Å²) in [5, 5.41) is 7.01. The van der Waals surface area contributed by atoms with Crippen LogP contribution in [0.1, 0.15) is 17.5 Å². The number of anilines is 2. The molecular formula is C21H27N5OS. The number of rotatable bonds is 4. The average Bonchev–Trinajstić information content (AvgIpc) is 2.91. The van der Waals surface area contributed by atoms with Crippen LogP contribution in [0.25, 0.3) is 0 Å². The molecule has 0 spiro atoms. The first-order chi connectivity index (χ1) is 13.5. The molecule has 0 atom stereocenters. The first kappa shape index (κ1) is 20.2. The van der Waals surface area contributed by atoms with Gasteiger partial charge < -0.3 is 15.5 Å². The molecule has 0 unspecified atom stereocenters.